The lowest BCUT2D eigenvalue weighted by Crippen LogP contribution is -2.32. The molecule has 0 atom stereocenters. The van der Waals surface area contributed by atoms with Crippen molar-refractivity contribution in [2.45, 2.75) is 6.42 Å². The molecule has 0 fully saturated rings. The first-order valence-electron chi connectivity index (χ1n) is 12.4. The van der Waals surface area contributed by atoms with Crippen molar-refractivity contribution in [3.8, 4) is 22.4 Å². The molecule has 0 saturated carbocycles. The number of carbonyl (C=O) groups is 2. The molecule has 0 aliphatic carbocycles. The van der Waals surface area contributed by atoms with Crippen LogP contribution in [0, 0.1) is 0 Å². The lowest BCUT2D eigenvalue weighted by Gasteiger charge is -2.22. The van der Waals surface area contributed by atoms with Crippen molar-refractivity contribution < 1.29 is 14.7 Å². The van der Waals surface area contributed by atoms with E-state index in [-0.39, 0.29) is 12.5 Å². The summed E-state index contributed by atoms with van der Waals surface area (Å²) in [7, 11) is 0. The summed E-state index contributed by atoms with van der Waals surface area (Å²) < 4.78 is 1.50. The Balaban J connectivity index is 1.55. The van der Waals surface area contributed by atoms with Gasteiger partial charge in [-0.05, 0) is 34.9 Å². The Labute approximate surface area is 219 Å². The Morgan fingerprint density at radius 2 is 1.63 bits per heavy atom. The van der Waals surface area contributed by atoms with Crippen LogP contribution in [0.25, 0.3) is 38.9 Å². The van der Waals surface area contributed by atoms with Crippen molar-refractivity contribution in [1.82, 2.24) is 20.1 Å². The summed E-state index contributed by atoms with van der Waals surface area (Å²) >= 11 is 0. The molecule has 38 heavy (non-hydrogen) atoms. The van der Waals surface area contributed by atoms with Crippen LogP contribution in [0.3, 0.4) is 0 Å². The van der Waals surface area contributed by atoms with Gasteiger partial charge in [0.2, 0.25) is 5.91 Å². The highest BCUT2D eigenvalue weighted by atomic mass is 16.3. The van der Waals surface area contributed by atoms with E-state index in [1.165, 1.54) is 4.68 Å². The van der Waals surface area contributed by atoms with Gasteiger partial charge in [-0.25, -0.2) is 0 Å². The molecule has 0 radical (unpaired) electrons. The maximum Gasteiger partial charge on any atom is 0.279 e. The van der Waals surface area contributed by atoms with Crippen LogP contribution >= 0.6 is 0 Å². The predicted octanol–water partition coefficient (Wildman–Crippen LogP) is 4.52. The lowest BCUT2D eigenvalue weighted by molar-refractivity contribution is -0.123. The molecule has 0 saturated heterocycles. The van der Waals surface area contributed by atoms with Gasteiger partial charge in [-0.3, -0.25) is 14.6 Å². The average Bonchev–Trinajstić information content (AvgIpc) is 3.36. The average molecular weight is 501 g/mol. The van der Waals surface area contributed by atoms with Crippen molar-refractivity contribution in [3.05, 3.63) is 114 Å². The van der Waals surface area contributed by atoms with Crippen LogP contribution in [-0.4, -0.2) is 44.8 Å². The van der Waals surface area contributed by atoms with E-state index in [9.17, 15) is 14.7 Å². The third-order valence-electron chi connectivity index (χ3n) is 6.77. The third-order valence-corrected chi connectivity index (χ3v) is 6.77. The third kappa shape index (κ3) is 4.19. The number of aliphatic hydroxyl groups excluding tert-OH is 1. The van der Waals surface area contributed by atoms with Crippen LogP contribution in [0.5, 0.6) is 0 Å². The molecule has 5 aromatic rings. The normalized spacial score (nSPS) is 13.0. The molecule has 3 heterocycles. The van der Waals surface area contributed by atoms with Crippen LogP contribution in [0.4, 0.5) is 0 Å². The first kappa shape index (κ1) is 23.5. The summed E-state index contributed by atoms with van der Waals surface area (Å²) in [4.78, 5) is 30.5. The largest absolute Gasteiger partial charge is 0.387 e. The number of rotatable bonds is 6. The number of fused-ring (bicyclic) bond motifs is 2. The minimum atomic E-state index is -0.621. The van der Waals surface area contributed by atoms with E-state index in [2.05, 4.69) is 10.3 Å². The second kappa shape index (κ2) is 9.88. The SMILES string of the molecule is O=C(CO)NCC1=C(c2ccc3ncccc3c2)C(=O)n2nc(-c3ccccc3)c(-c3ccccc3)c2C1. The number of amides is 1. The lowest BCUT2D eigenvalue weighted by atomic mass is 9.89. The van der Waals surface area contributed by atoms with Gasteiger partial charge in [-0.15, -0.1) is 0 Å². The fourth-order valence-corrected chi connectivity index (χ4v) is 5.01. The van der Waals surface area contributed by atoms with E-state index >= 15 is 0 Å². The zero-order valence-electron chi connectivity index (χ0n) is 20.5. The smallest absolute Gasteiger partial charge is 0.279 e. The molecule has 7 nitrogen and oxygen atoms in total. The Morgan fingerprint density at radius 1 is 0.895 bits per heavy atom. The van der Waals surface area contributed by atoms with E-state index in [4.69, 9.17) is 5.10 Å². The van der Waals surface area contributed by atoms with E-state index in [0.29, 0.717) is 12.0 Å². The number of carbonyl (C=O) groups excluding carboxylic acids is 2. The van der Waals surface area contributed by atoms with Crippen LogP contribution < -0.4 is 5.32 Å². The number of pyridine rings is 1. The van der Waals surface area contributed by atoms with Crippen molar-refractivity contribution in [2.24, 2.45) is 0 Å². The number of benzene rings is 3. The summed E-state index contributed by atoms with van der Waals surface area (Å²) in [5.74, 6) is -0.763. The zero-order chi connectivity index (χ0) is 26.1. The van der Waals surface area contributed by atoms with Gasteiger partial charge in [0.1, 0.15) is 12.3 Å². The minimum absolute atomic E-state index is 0.131. The van der Waals surface area contributed by atoms with Crippen molar-refractivity contribution >= 4 is 28.3 Å². The molecular formula is C31H24N4O3. The molecule has 7 heteroatoms. The molecule has 3 aromatic carbocycles. The van der Waals surface area contributed by atoms with Crippen LogP contribution in [-0.2, 0) is 11.2 Å². The Kier molecular flexibility index (Phi) is 6.11. The molecule has 1 amide bonds. The zero-order valence-corrected chi connectivity index (χ0v) is 20.5. The van der Waals surface area contributed by atoms with Crippen molar-refractivity contribution in [2.75, 3.05) is 13.2 Å². The second-order valence-electron chi connectivity index (χ2n) is 9.12. The van der Waals surface area contributed by atoms with Gasteiger partial charge in [0.15, 0.2) is 0 Å². The highest BCUT2D eigenvalue weighted by Gasteiger charge is 2.33. The van der Waals surface area contributed by atoms with Crippen molar-refractivity contribution in [1.29, 1.82) is 0 Å². The first-order chi connectivity index (χ1) is 18.6. The maximum absolute atomic E-state index is 14.2. The van der Waals surface area contributed by atoms with E-state index in [1.807, 2.05) is 91.0 Å². The van der Waals surface area contributed by atoms with Crippen LogP contribution in [0.1, 0.15) is 16.1 Å². The van der Waals surface area contributed by atoms with Gasteiger partial charge in [0.05, 0.1) is 16.8 Å². The number of hydrogen-bond acceptors (Lipinski definition) is 5. The first-order valence-corrected chi connectivity index (χ1v) is 12.4. The molecule has 1 aliphatic heterocycles. The molecule has 0 spiro atoms. The summed E-state index contributed by atoms with van der Waals surface area (Å²) in [6, 6.07) is 29.2. The van der Waals surface area contributed by atoms with Gasteiger partial charge in [-0.2, -0.15) is 9.78 Å². The molecule has 0 bridgehead atoms. The monoisotopic (exact) mass is 500 g/mol. The van der Waals surface area contributed by atoms with E-state index in [0.717, 1.165) is 50.1 Å². The number of aromatic nitrogens is 3. The van der Waals surface area contributed by atoms with Gasteiger partial charge >= 0.3 is 0 Å². The Morgan fingerprint density at radius 3 is 2.37 bits per heavy atom. The standard InChI is InChI=1S/C31H24N4O3/c36-19-27(37)33-18-24-17-26-29(20-8-3-1-4-9-20)30(21-10-5-2-6-11-21)34-35(26)31(38)28(24)23-13-14-25-22(16-23)12-7-15-32-25/h1-16,36H,17-19H2,(H,33,37). The van der Waals surface area contributed by atoms with Gasteiger partial charge in [0.25, 0.3) is 5.91 Å². The number of allylic oxidation sites excluding steroid dienone is 1. The maximum atomic E-state index is 14.2. The summed E-state index contributed by atoms with van der Waals surface area (Å²) in [5, 5.41) is 17.8. The fraction of sp³-hybridized carbons (Fsp3) is 0.0968. The van der Waals surface area contributed by atoms with Gasteiger partial charge in [0, 0.05) is 35.7 Å². The van der Waals surface area contributed by atoms with E-state index in [1.54, 1.807) is 6.20 Å². The molecule has 2 aromatic heterocycles. The van der Waals surface area contributed by atoms with Crippen LogP contribution in [0.15, 0.2) is 103 Å². The molecular weight excluding hydrogens is 476 g/mol. The van der Waals surface area contributed by atoms with Crippen LogP contribution in [0.2, 0.25) is 0 Å². The summed E-state index contributed by atoms with van der Waals surface area (Å²) in [6.45, 7) is -0.491. The quantitative estimate of drug-likeness (QED) is 0.357. The molecule has 6 rings (SSSR count). The summed E-state index contributed by atoms with van der Waals surface area (Å²) in [5.41, 5.74) is 7.04. The van der Waals surface area contributed by atoms with E-state index < -0.39 is 12.5 Å². The second-order valence-corrected chi connectivity index (χ2v) is 9.12. The topological polar surface area (TPSA) is 97.1 Å². The number of nitrogens with one attached hydrogen (secondary N) is 1. The van der Waals surface area contributed by atoms with Gasteiger partial charge < -0.3 is 10.4 Å². The number of hydrogen-bond donors (Lipinski definition) is 2. The number of nitrogens with zero attached hydrogens (tertiary/aromatic N) is 3. The van der Waals surface area contributed by atoms with Crippen molar-refractivity contribution in [3.63, 3.8) is 0 Å². The highest BCUT2D eigenvalue weighted by Crippen LogP contribution is 2.40. The molecule has 0 unspecified atom stereocenters. The molecule has 1 aliphatic rings. The highest BCUT2D eigenvalue weighted by molar-refractivity contribution is 6.23. The minimum Gasteiger partial charge on any atom is -0.387 e. The Bertz CT molecular complexity index is 1710. The predicted molar refractivity (Wildman–Crippen MR) is 146 cm³/mol. The Hall–Kier alpha value is -4.88. The molecule has 2 N–H and O–H groups in total. The number of aliphatic hydroxyl groups is 1. The van der Waals surface area contributed by atoms with Gasteiger partial charge in [-0.1, -0.05) is 72.8 Å². The molecule has 186 valence electrons. The summed E-state index contributed by atoms with van der Waals surface area (Å²) in [6.07, 6.45) is 2.14. The fourth-order valence-electron chi connectivity index (χ4n) is 5.01.